The number of hydrogen-bond donors (Lipinski definition) is 1. The minimum absolute atomic E-state index is 0.0610. The molecule has 1 atom stereocenters. The Labute approximate surface area is 149 Å². The van der Waals surface area contributed by atoms with Crippen LogP contribution in [0.4, 0.5) is 18.0 Å². The summed E-state index contributed by atoms with van der Waals surface area (Å²) < 4.78 is 44.3. The topological polar surface area (TPSA) is 58.4 Å². The number of rotatable bonds is 3. The lowest BCUT2D eigenvalue weighted by Crippen LogP contribution is -2.45. The van der Waals surface area contributed by atoms with Crippen LogP contribution in [0.5, 0.6) is 0 Å². The van der Waals surface area contributed by atoms with E-state index in [2.05, 4.69) is 10.5 Å². The average Bonchev–Trinajstić information content (AvgIpc) is 3.15. The van der Waals surface area contributed by atoms with Crippen LogP contribution < -0.4 is 5.32 Å². The lowest BCUT2D eigenvalue weighted by atomic mass is 9.94. The van der Waals surface area contributed by atoms with Crippen LogP contribution in [0.3, 0.4) is 0 Å². The molecule has 26 heavy (non-hydrogen) atoms. The molecule has 0 saturated carbocycles. The minimum Gasteiger partial charge on any atom is -0.365 e. The zero-order valence-corrected chi connectivity index (χ0v) is 14.3. The second-order valence-electron chi connectivity index (χ2n) is 6.44. The van der Waals surface area contributed by atoms with E-state index in [1.807, 2.05) is 6.07 Å². The van der Waals surface area contributed by atoms with Gasteiger partial charge in [-0.1, -0.05) is 23.4 Å². The van der Waals surface area contributed by atoms with Gasteiger partial charge in [0.1, 0.15) is 6.26 Å². The summed E-state index contributed by atoms with van der Waals surface area (Å²) in [5.74, 6) is 0.237. The third-order valence-corrected chi connectivity index (χ3v) is 4.73. The van der Waals surface area contributed by atoms with Crippen molar-refractivity contribution in [2.45, 2.75) is 37.9 Å². The molecule has 0 bridgehead atoms. The fourth-order valence-electron chi connectivity index (χ4n) is 3.30. The molecule has 0 spiro atoms. The number of benzene rings is 1. The van der Waals surface area contributed by atoms with Crippen LogP contribution in [0.25, 0.3) is 0 Å². The van der Waals surface area contributed by atoms with E-state index in [4.69, 9.17) is 4.52 Å². The van der Waals surface area contributed by atoms with Crippen molar-refractivity contribution in [3.05, 3.63) is 53.4 Å². The minimum atomic E-state index is -4.45. The molecule has 1 aliphatic heterocycles. The van der Waals surface area contributed by atoms with E-state index in [9.17, 15) is 18.0 Å². The lowest BCUT2D eigenvalue weighted by molar-refractivity contribution is -0.138. The lowest BCUT2D eigenvalue weighted by Gasteiger charge is -2.32. The smallest absolute Gasteiger partial charge is 0.365 e. The Kier molecular flexibility index (Phi) is 5.20. The molecule has 140 valence electrons. The Hall–Kier alpha value is -2.51. The van der Waals surface area contributed by atoms with Crippen molar-refractivity contribution in [2.24, 2.45) is 0 Å². The third kappa shape index (κ3) is 4.00. The highest BCUT2D eigenvalue weighted by Crippen LogP contribution is 2.34. The number of urea groups is 1. The number of halogens is 3. The number of aromatic nitrogens is 1. The van der Waals surface area contributed by atoms with Crippen LogP contribution in [-0.4, -0.2) is 29.2 Å². The molecule has 2 heterocycles. The molecule has 1 saturated heterocycles. The van der Waals surface area contributed by atoms with Crippen molar-refractivity contribution in [2.75, 3.05) is 13.1 Å². The maximum atomic E-state index is 13.1. The van der Waals surface area contributed by atoms with Gasteiger partial charge in [-0.2, -0.15) is 13.2 Å². The number of carbonyl (C=O) groups is 1. The highest BCUT2D eigenvalue weighted by Gasteiger charge is 2.35. The van der Waals surface area contributed by atoms with Crippen LogP contribution in [0, 0.1) is 0 Å². The van der Waals surface area contributed by atoms with Crippen LogP contribution in [0.15, 0.2) is 41.1 Å². The van der Waals surface area contributed by atoms with E-state index < -0.39 is 17.8 Å². The van der Waals surface area contributed by atoms with Crippen molar-refractivity contribution in [3.63, 3.8) is 0 Å². The number of carbonyl (C=O) groups excluding carboxylic acids is 1. The Morgan fingerprint density at radius 3 is 2.58 bits per heavy atom. The van der Waals surface area contributed by atoms with Crippen LogP contribution in [0.1, 0.15) is 48.5 Å². The molecule has 8 heteroatoms. The molecular formula is C18H20F3N3O2. The molecular weight excluding hydrogens is 347 g/mol. The number of alkyl halides is 3. The molecule has 0 aliphatic carbocycles. The van der Waals surface area contributed by atoms with Gasteiger partial charge in [-0.15, -0.1) is 0 Å². The number of hydrogen-bond acceptors (Lipinski definition) is 3. The standard InChI is InChI=1S/C18H20F3N3O2/c1-12(14-4-2-3-5-15(14)18(19,20)21)22-17(25)24-9-6-13(7-10-24)16-8-11-26-23-16/h2-5,8,11-13H,6-7,9-10H2,1H3,(H,22,25). The quantitative estimate of drug-likeness (QED) is 0.878. The summed E-state index contributed by atoms with van der Waals surface area (Å²) in [5, 5.41) is 6.61. The van der Waals surface area contributed by atoms with Gasteiger partial charge >= 0.3 is 12.2 Å². The number of piperidine rings is 1. The van der Waals surface area contributed by atoms with Gasteiger partial charge in [0.2, 0.25) is 0 Å². The molecule has 1 aromatic carbocycles. The molecule has 1 unspecified atom stereocenters. The molecule has 2 aromatic rings. The van der Waals surface area contributed by atoms with Crippen LogP contribution in [0.2, 0.25) is 0 Å². The first kappa shape index (κ1) is 18.3. The van der Waals surface area contributed by atoms with Crippen molar-refractivity contribution < 1.29 is 22.5 Å². The number of likely N-dealkylation sites (tertiary alicyclic amines) is 1. The van der Waals surface area contributed by atoms with Crippen LogP contribution in [-0.2, 0) is 6.18 Å². The third-order valence-electron chi connectivity index (χ3n) is 4.73. The zero-order valence-electron chi connectivity index (χ0n) is 14.3. The molecule has 0 radical (unpaired) electrons. The van der Waals surface area contributed by atoms with Crippen molar-refractivity contribution in [1.29, 1.82) is 0 Å². The first-order valence-electron chi connectivity index (χ1n) is 8.48. The van der Waals surface area contributed by atoms with E-state index in [-0.39, 0.29) is 17.5 Å². The maximum Gasteiger partial charge on any atom is 0.416 e. The molecule has 1 aromatic heterocycles. The molecule has 1 aliphatic rings. The molecule has 2 amide bonds. The molecule has 3 rings (SSSR count). The summed E-state index contributed by atoms with van der Waals surface area (Å²) in [4.78, 5) is 14.1. The first-order chi connectivity index (χ1) is 12.4. The number of amides is 2. The summed E-state index contributed by atoms with van der Waals surface area (Å²) in [5.41, 5.74) is 0.209. The van der Waals surface area contributed by atoms with E-state index in [1.54, 1.807) is 11.8 Å². The second-order valence-corrected chi connectivity index (χ2v) is 6.44. The van der Waals surface area contributed by atoms with E-state index in [1.165, 1.54) is 24.5 Å². The number of nitrogens with one attached hydrogen (secondary N) is 1. The first-order valence-corrected chi connectivity index (χ1v) is 8.48. The highest BCUT2D eigenvalue weighted by molar-refractivity contribution is 5.75. The van der Waals surface area contributed by atoms with Gasteiger partial charge < -0.3 is 14.7 Å². The summed E-state index contributed by atoms with van der Waals surface area (Å²) >= 11 is 0. The summed E-state index contributed by atoms with van der Waals surface area (Å²) in [6, 6.07) is 6.02. The predicted molar refractivity (Wildman–Crippen MR) is 88.4 cm³/mol. The van der Waals surface area contributed by atoms with Gasteiger partial charge in [0.15, 0.2) is 0 Å². The summed E-state index contributed by atoms with van der Waals surface area (Å²) in [7, 11) is 0. The van der Waals surface area contributed by atoms with Gasteiger partial charge in [0, 0.05) is 25.1 Å². The fourth-order valence-corrected chi connectivity index (χ4v) is 3.30. The predicted octanol–water partition coefficient (Wildman–Crippen LogP) is 4.34. The Morgan fingerprint density at radius 2 is 1.96 bits per heavy atom. The molecule has 1 fully saturated rings. The fraction of sp³-hybridized carbons (Fsp3) is 0.444. The van der Waals surface area contributed by atoms with Gasteiger partial charge in [0.25, 0.3) is 0 Å². The van der Waals surface area contributed by atoms with Crippen molar-refractivity contribution >= 4 is 6.03 Å². The largest absolute Gasteiger partial charge is 0.416 e. The van der Waals surface area contributed by atoms with Crippen LogP contribution >= 0.6 is 0 Å². The maximum absolute atomic E-state index is 13.1. The Morgan fingerprint density at radius 1 is 1.27 bits per heavy atom. The Bertz CT molecular complexity index is 738. The average molecular weight is 367 g/mol. The zero-order chi connectivity index (χ0) is 18.7. The number of nitrogens with zero attached hydrogens (tertiary/aromatic N) is 2. The highest BCUT2D eigenvalue weighted by atomic mass is 19.4. The van der Waals surface area contributed by atoms with Gasteiger partial charge in [-0.05, 0) is 31.4 Å². The summed E-state index contributed by atoms with van der Waals surface area (Å²) in [6.45, 7) is 2.61. The van der Waals surface area contributed by atoms with E-state index >= 15 is 0 Å². The van der Waals surface area contributed by atoms with Crippen molar-refractivity contribution in [3.8, 4) is 0 Å². The van der Waals surface area contributed by atoms with Gasteiger partial charge in [0.05, 0.1) is 17.3 Å². The van der Waals surface area contributed by atoms with Gasteiger partial charge in [-0.3, -0.25) is 0 Å². The normalized spacial score (nSPS) is 17.2. The van der Waals surface area contributed by atoms with E-state index in [0.29, 0.717) is 13.1 Å². The van der Waals surface area contributed by atoms with Crippen molar-refractivity contribution in [1.82, 2.24) is 15.4 Å². The molecule has 1 N–H and O–H groups in total. The molecule has 5 nitrogen and oxygen atoms in total. The second kappa shape index (κ2) is 7.39. The van der Waals surface area contributed by atoms with E-state index in [0.717, 1.165) is 24.6 Å². The van der Waals surface area contributed by atoms with Gasteiger partial charge in [-0.25, -0.2) is 4.79 Å². The SMILES string of the molecule is CC(NC(=O)N1CCC(c2ccon2)CC1)c1ccccc1C(F)(F)F. The summed E-state index contributed by atoms with van der Waals surface area (Å²) in [6.07, 6.45) is -1.44. The monoisotopic (exact) mass is 367 g/mol. The Balaban J connectivity index is 1.61.